The third-order valence-electron chi connectivity index (χ3n) is 3.55. The predicted molar refractivity (Wildman–Crippen MR) is 74.6 cm³/mol. The van der Waals surface area contributed by atoms with Gasteiger partial charge in [0.15, 0.2) is 0 Å². The van der Waals surface area contributed by atoms with Crippen LogP contribution in [-0.2, 0) is 11.2 Å². The van der Waals surface area contributed by atoms with Crippen molar-refractivity contribution in [3.05, 3.63) is 60.2 Å². The lowest BCUT2D eigenvalue weighted by Crippen LogP contribution is -2.08. The summed E-state index contributed by atoms with van der Waals surface area (Å²) < 4.78 is 5.67. The molecule has 0 N–H and O–H groups in total. The average molecular weight is 238 g/mol. The van der Waals surface area contributed by atoms with Gasteiger partial charge in [0, 0.05) is 6.61 Å². The molecule has 1 fully saturated rings. The van der Waals surface area contributed by atoms with Crippen LogP contribution in [0.1, 0.15) is 18.4 Å². The van der Waals surface area contributed by atoms with Gasteiger partial charge >= 0.3 is 0 Å². The van der Waals surface area contributed by atoms with Crippen molar-refractivity contribution >= 4 is 0 Å². The molecule has 1 nitrogen and oxygen atoms in total. The molecule has 92 valence electrons. The summed E-state index contributed by atoms with van der Waals surface area (Å²) in [6.45, 7) is 0.937. The molecule has 0 aliphatic carbocycles. The summed E-state index contributed by atoms with van der Waals surface area (Å²) in [7, 11) is 0. The van der Waals surface area contributed by atoms with Gasteiger partial charge in [-0.1, -0.05) is 54.6 Å². The smallest absolute Gasteiger partial charge is 0.0616 e. The van der Waals surface area contributed by atoms with Crippen LogP contribution in [0.4, 0.5) is 0 Å². The van der Waals surface area contributed by atoms with E-state index < -0.39 is 0 Å². The standard InChI is InChI=1S/C17H18O/c1-2-5-15(6-3-1)16-10-8-14(9-11-16)13-17-7-4-12-18-17/h1-3,5-6,8-11,17H,4,7,12-13H2. The molecule has 0 amide bonds. The Hall–Kier alpha value is -1.60. The molecule has 2 aromatic rings. The molecule has 1 unspecified atom stereocenters. The largest absolute Gasteiger partial charge is 0.378 e. The summed E-state index contributed by atoms with van der Waals surface area (Å²) >= 11 is 0. The minimum atomic E-state index is 0.438. The molecule has 0 spiro atoms. The molecule has 2 aromatic carbocycles. The highest BCUT2D eigenvalue weighted by Crippen LogP contribution is 2.21. The molecule has 1 heterocycles. The Morgan fingerprint density at radius 2 is 1.61 bits per heavy atom. The van der Waals surface area contributed by atoms with Crippen molar-refractivity contribution in [2.45, 2.75) is 25.4 Å². The first-order valence-corrected chi connectivity index (χ1v) is 6.68. The van der Waals surface area contributed by atoms with Crippen molar-refractivity contribution in [1.29, 1.82) is 0 Å². The Labute approximate surface area is 108 Å². The third kappa shape index (κ3) is 2.62. The van der Waals surface area contributed by atoms with Crippen molar-refractivity contribution in [3.63, 3.8) is 0 Å². The second kappa shape index (κ2) is 5.36. The fourth-order valence-corrected chi connectivity index (χ4v) is 2.53. The predicted octanol–water partition coefficient (Wildman–Crippen LogP) is 4.08. The van der Waals surface area contributed by atoms with Gasteiger partial charge in [-0.05, 0) is 36.0 Å². The SMILES string of the molecule is c1ccc(-c2ccc(CC3CCCO3)cc2)cc1. The van der Waals surface area contributed by atoms with Gasteiger partial charge in [-0.15, -0.1) is 0 Å². The molecule has 1 heteroatoms. The van der Waals surface area contributed by atoms with Crippen molar-refractivity contribution in [3.8, 4) is 11.1 Å². The van der Waals surface area contributed by atoms with Gasteiger partial charge < -0.3 is 4.74 Å². The topological polar surface area (TPSA) is 9.23 Å². The van der Waals surface area contributed by atoms with Crippen molar-refractivity contribution < 1.29 is 4.74 Å². The van der Waals surface area contributed by atoms with E-state index in [1.165, 1.54) is 29.5 Å². The lowest BCUT2D eigenvalue weighted by Gasteiger charge is -2.09. The Morgan fingerprint density at radius 3 is 2.28 bits per heavy atom. The van der Waals surface area contributed by atoms with Crippen LogP contribution in [0.2, 0.25) is 0 Å². The Balaban J connectivity index is 1.72. The third-order valence-corrected chi connectivity index (χ3v) is 3.55. The van der Waals surface area contributed by atoms with Gasteiger partial charge in [-0.2, -0.15) is 0 Å². The first-order chi connectivity index (χ1) is 8.92. The van der Waals surface area contributed by atoms with E-state index in [-0.39, 0.29) is 0 Å². The van der Waals surface area contributed by atoms with E-state index in [4.69, 9.17) is 4.74 Å². The normalized spacial score (nSPS) is 19.0. The van der Waals surface area contributed by atoms with Crippen LogP contribution in [0, 0.1) is 0 Å². The summed E-state index contributed by atoms with van der Waals surface area (Å²) in [5.74, 6) is 0. The van der Waals surface area contributed by atoms with Crippen LogP contribution >= 0.6 is 0 Å². The molecule has 0 aromatic heterocycles. The van der Waals surface area contributed by atoms with Crippen LogP contribution in [0.3, 0.4) is 0 Å². The van der Waals surface area contributed by atoms with E-state index in [2.05, 4.69) is 54.6 Å². The maximum atomic E-state index is 5.67. The van der Waals surface area contributed by atoms with Gasteiger partial charge in [-0.3, -0.25) is 0 Å². The van der Waals surface area contributed by atoms with Crippen LogP contribution in [0.25, 0.3) is 11.1 Å². The lowest BCUT2D eigenvalue weighted by molar-refractivity contribution is 0.111. The first-order valence-electron chi connectivity index (χ1n) is 6.68. The Bertz CT molecular complexity index is 481. The maximum absolute atomic E-state index is 5.67. The van der Waals surface area contributed by atoms with Gasteiger partial charge in [0.2, 0.25) is 0 Å². The summed E-state index contributed by atoms with van der Waals surface area (Å²) in [6.07, 6.45) is 3.91. The summed E-state index contributed by atoms with van der Waals surface area (Å²) in [5, 5.41) is 0. The monoisotopic (exact) mass is 238 g/mol. The van der Waals surface area contributed by atoms with Gasteiger partial charge in [0.05, 0.1) is 6.10 Å². The van der Waals surface area contributed by atoms with E-state index in [0.717, 1.165) is 13.0 Å². The van der Waals surface area contributed by atoms with Gasteiger partial charge in [-0.25, -0.2) is 0 Å². The Kier molecular flexibility index (Phi) is 3.42. The van der Waals surface area contributed by atoms with Crippen molar-refractivity contribution in [1.82, 2.24) is 0 Å². The molecule has 0 radical (unpaired) electrons. The fraction of sp³-hybridized carbons (Fsp3) is 0.294. The number of ether oxygens (including phenoxy) is 1. The molecule has 1 aliphatic rings. The van der Waals surface area contributed by atoms with Gasteiger partial charge in [0.1, 0.15) is 0 Å². The summed E-state index contributed by atoms with van der Waals surface area (Å²) in [4.78, 5) is 0. The average Bonchev–Trinajstić information content (AvgIpc) is 2.94. The highest BCUT2D eigenvalue weighted by atomic mass is 16.5. The molecular formula is C17H18O. The van der Waals surface area contributed by atoms with E-state index in [9.17, 15) is 0 Å². The number of benzene rings is 2. The molecule has 3 rings (SSSR count). The van der Waals surface area contributed by atoms with Crippen LogP contribution in [0.15, 0.2) is 54.6 Å². The molecule has 1 aliphatic heterocycles. The number of hydrogen-bond donors (Lipinski definition) is 0. The zero-order chi connectivity index (χ0) is 12.2. The number of hydrogen-bond acceptors (Lipinski definition) is 1. The van der Waals surface area contributed by atoms with Gasteiger partial charge in [0.25, 0.3) is 0 Å². The minimum Gasteiger partial charge on any atom is -0.378 e. The van der Waals surface area contributed by atoms with Crippen LogP contribution < -0.4 is 0 Å². The van der Waals surface area contributed by atoms with E-state index in [1.807, 2.05) is 0 Å². The molecule has 1 saturated heterocycles. The van der Waals surface area contributed by atoms with E-state index in [1.54, 1.807) is 0 Å². The second-order valence-electron chi connectivity index (χ2n) is 4.90. The molecular weight excluding hydrogens is 220 g/mol. The summed E-state index contributed by atoms with van der Waals surface area (Å²) in [5.41, 5.74) is 3.94. The van der Waals surface area contributed by atoms with Crippen molar-refractivity contribution in [2.75, 3.05) is 6.61 Å². The van der Waals surface area contributed by atoms with E-state index in [0.29, 0.717) is 6.10 Å². The fourth-order valence-electron chi connectivity index (χ4n) is 2.53. The quantitative estimate of drug-likeness (QED) is 0.783. The lowest BCUT2D eigenvalue weighted by atomic mass is 10.0. The van der Waals surface area contributed by atoms with E-state index >= 15 is 0 Å². The maximum Gasteiger partial charge on any atom is 0.0616 e. The molecule has 18 heavy (non-hydrogen) atoms. The first kappa shape index (κ1) is 11.5. The zero-order valence-corrected chi connectivity index (χ0v) is 10.5. The second-order valence-corrected chi connectivity index (χ2v) is 4.90. The zero-order valence-electron chi connectivity index (χ0n) is 10.5. The minimum absolute atomic E-state index is 0.438. The van der Waals surface area contributed by atoms with Crippen molar-refractivity contribution in [2.24, 2.45) is 0 Å². The summed E-state index contributed by atoms with van der Waals surface area (Å²) in [6, 6.07) is 19.4. The van der Waals surface area contributed by atoms with Crippen LogP contribution in [-0.4, -0.2) is 12.7 Å². The highest BCUT2D eigenvalue weighted by molar-refractivity contribution is 5.63. The van der Waals surface area contributed by atoms with Crippen LogP contribution in [0.5, 0.6) is 0 Å². The molecule has 0 bridgehead atoms. The highest BCUT2D eigenvalue weighted by Gasteiger charge is 2.15. The molecule has 0 saturated carbocycles. The Morgan fingerprint density at radius 1 is 0.889 bits per heavy atom. The molecule has 1 atom stereocenters. The number of rotatable bonds is 3.